The zero-order valence-corrected chi connectivity index (χ0v) is 11.4. The van der Waals surface area contributed by atoms with Gasteiger partial charge < -0.3 is 15.2 Å². The standard InChI is InChI=1S/C14H19NO4/c1-9-5-4-6-11(10(9)2)13(16)15-12(14(17)18)7-8-19-3/h4-6,12H,7-8H2,1-3H3,(H,15,16)(H,17,18). The molecule has 0 bridgehead atoms. The van der Waals surface area contributed by atoms with Crippen molar-refractivity contribution in [2.24, 2.45) is 0 Å². The molecule has 0 heterocycles. The number of methoxy groups -OCH3 is 1. The second-order valence-electron chi connectivity index (χ2n) is 4.39. The smallest absolute Gasteiger partial charge is 0.326 e. The summed E-state index contributed by atoms with van der Waals surface area (Å²) in [5.74, 6) is -1.43. The van der Waals surface area contributed by atoms with E-state index in [4.69, 9.17) is 9.84 Å². The minimum atomic E-state index is -1.06. The van der Waals surface area contributed by atoms with Crippen molar-refractivity contribution < 1.29 is 19.4 Å². The van der Waals surface area contributed by atoms with Crippen molar-refractivity contribution in [1.82, 2.24) is 5.32 Å². The molecule has 1 rings (SSSR count). The Hall–Kier alpha value is -1.88. The van der Waals surface area contributed by atoms with Crippen LogP contribution in [0.25, 0.3) is 0 Å². The van der Waals surface area contributed by atoms with Crippen LogP contribution in [0.4, 0.5) is 0 Å². The van der Waals surface area contributed by atoms with Crippen molar-refractivity contribution in [3.8, 4) is 0 Å². The summed E-state index contributed by atoms with van der Waals surface area (Å²) < 4.78 is 4.84. The van der Waals surface area contributed by atoms with E-state index in [1.165, 1.54) is 7.11 Å². The third-order valence-corrected chi connectivity index (χ3v) is 3.06. The largest absolute Gasteiger partial charge is 0.480 e. The monoisotopic (exact) mass is 265 g/mol. The van der Waals surface area contributed by atoms with Gasteiger partial charge in [0.15, 0.2) is 0 Å². The lowest BCUT2D eigenvalue weighted by Crippen LogP contribution is -2.41. The normalized spacial score (nSPS) is 11.9. The third-order valence-electron chi connectivity index (χ3n) is 3.06. The highest BCUT2D eigenvalue weighted by atomic mass is 16.5. The van der Waals surface area contributed by atoms with E-state index in [1.54, 1.807) is 12.1 Å². The van der Waals surface area contributed by atoms with Crippen molar-refractivity contribution >= 4 is 11.9 Å². The molecule has 1 aromatic rings. The van der Waals surface area contributed by atoms with Crippen LogP contribution in [-0.2, 0) is 9.53 Å². The molecule has 0 aromatic heterocycles. The second kappa shape index (κ2) is 6.89. The van der Waals surface area contributed by atoms with Crippen molar-refractivity contribution in [3.05, 3.63) is 34.9 Å². The van der Waals surface area contributed by atoms with Gasteiger partial charge in [0.2, 0.25) is 0 Å². The van der Waals surface area contributed by atoms with E-state index in [-0.39, 0.29) is 18.9 Å². The molecular weight excluding hydrogens is 246 g/mol. The summed E-state index contributed by atoms with van der Waals surface area (Å²) in [6.07, 6.45) is 0.239. The van der Waals surface area contributed by atoms with Gasteiger partial charge in [0.05, 0.1) is 0 Å². The summed E-state index contributed by atoms with van der Waals surface area (Å²) in [6.45, 7) is 4.03. The summed E-state index contributed by atoms with van der Waals surface area (Å²) in [6, 6.07) is 4.44. The highest BCUT2D eigenvalue weighted by Crippen LogP contribution is 2.12. The number of rotatable bonds is 6. The summed E-state index contributed by atoms with van der Waals surface area (Å²) >= 11 is 0. The topological polar surface area (TPSA) is 75.6 Å². The van der Waals surface area contributed by atoms with Gasteiger partial charge in [-0.25, -0.2) is 4.79 Å². The Labute approximate surface area is 112 Å². The van der Waals surface area contributed by atoms with E-state index in [2.05, 4.69) is 5.32 Å². The average molecular weight is 265 g/mol. The van der Waals surface area contributed by atoms with Gasteiger partial charge in [-0.1, -0.05) is 12.1 Å². The lowest BCUT2D eigenvalue weighted by molar-refractivity contribution is -0.139. The van der Waals surface area contributed by atoms with E-state index in [1.807, 2.05) is 19.9 Å². The van der Waals surface area contributed by atoms with Gasteiger partial charge >= 0.3 is 5.97 Å². The molecule has 0 saturated carbocycles. The Morgan fingerprint density at radius 3 is 2.63 bits per heavy atom. The number of ether oxygens (including phenoxy) is 1. The fraction of sp³-hybridized carbons (Fsp3) is 0.429. The SMILES string of the molecule is COCCC(NC(=O)c1cccc(C)c1C)C(=O)O. The lowest BCUT2D eigenvalue weighted by atomic mass is 10.0. The van der Waals surface area contributed by atoms with Crippen molar-refractivity contribution in [2.75, 3.05) is 13.7 Å². The van der Waals surface area contributed by atoms with Crippen LogP contribution in [0.15, 0.2) is 18.2 Å². The molecule has 19 heavy (non-hydrogen) atoms. The van der Waals surface area contributed by atoms with Crippen molar-refractivity contribution in [1.29, 1.82) is 0 Å². The van der Waals surface area contributed by atoms with Crippen LogP contribution < -0.4 is 5.32 Å². The average Bonchev–Trinajstić information content (AvgIpc) is 2.37. The minimum absolute atomic E-state index is 0.239. The number of hydrogen-bond donors (Lipinski definition) is 2. The number of hydrogen-bond acceptors (Lipinski definition) is 3. The molecule has 5 nitrogen and oxygen atoms in total. The van der Waals surface area contributed by atoms with Gasteiger partial charge in [-0.05, 0) is 31.0 Å². The molecule has 0 saturated heterocycles. The zero-order valence-electron chi connectivity index (χ0n) is 11.4. The highest BCUT2D eigenvalue weighted by Gasteiger charge is 2.21. The molecule has 1 atom stereocenters. The number of amides is 1. The molecule has 1 unspecified atom stereocenters. The Kier molecular flexibility index (Phi) is 5.51. The predicted octanol–water partition coefficient (Wildman–Crippen LogP) is 1.52. The molecule has 0 aliphatic heterocycles. The van der Waals surface area contributed by atoms with Crippen LogP contribution in [0.5, 0.6) is 0 Å². The molecule has 0 aliphatic rings. The van der Waals surface area contributed by atoms with E-state index in [0.29, 0.717) is 5.56 Å². The molecule has 104 valence electrons. The first-order valence-electron chi connectivity index (χ1n) is 6.06. The quantitative estimate of drug-likeness (QED) is 0.817. The number of benzene rings is 1. The van der Waals surface area contributed by atoms with Gasteiger partial charge in [0.25, 0.3) is 5.91 Å². The molecule has 2 N–H and O–H groups in total. The Morgan fingerprint density at radius 1 is 1.37 bits per heavy atom. The lowest BCUT2D eigenvalue weighted by Gasteiger charge is -2.15. The molecule has 0 aliphatic carbocycles. The second-order valence-corrected chi connectivity index (χ2v) is 4.39. The van der Waals surface area contributed by atoms with Crippen LogP contribution >= 0.6 is 0 Å². The number of carbonyl (C=O) groups is 2. The van der Waals surface area contributed by atoms with Gasteiger partial charge in [0, 0.05) is 25.7 Å². The van der Waals surface area contributed by atoms with Crippen LogP contribution in [0, 0.1) is 13.8 Å². The van der Waals surface area contributed by atoms with Crippen LogP contribution in [-0.4, -0.2) is 36.7 Å². The summed E-state index contributed by atoms with van der Waals surface area (Å²) in [4.78, 5) is 23.1. The number of nitrogens with one attached hydrogen (secondary N) is 1. The highest BCUT2D eigenvalue weighted by molar-refractivity contribution is 5.98. The summed E-state index contributed by atoms with van der Waals surface area (Å²) in [7, 11) is 1.49. The molecule has 1 amide bonds. The molecule has 5 heteroatoms. The van der Waals surface area contributed by atoms with E-state index in [9.17, 15) is 9.59 Å². The molecule has 0 radical (unpaired) electrons. The number of carboxylic acid groups (broad SMARTS) is 1. The molecule has 0 spiro atoms. The number of carbonyl (C=O) groups excluding carboxylic acids is 1. The maximum atomic E-state index is 12.1. The van der Waals surface area contributed by atoms with Crippen LogP contribution in [0.1, 0.15) is 27.9 Å². The first-order valence-corrected chi connectivity index (χ1v) is 6.06. The fourth-order valence-corrected chi connectivity index (χ4v) is 1.73. The first-order chi connectivity index (χ1) is 8.97. The van der Waals surface area contributed by atoms with E-state index in [0.717, 1.165) is 11.1 Å². The van der Waals surface area contributed by atoms with Gasteiger partial charge in [-0.2, -0.15) is 0 Å². The fourth-order valence-electron chi connectivity index (χ4n) is 1.73. The molecule has 0 fully saturated rings. The summed E-state index contributed by atoms with van der Waals surface area (Å²) in [5.41, 5.74) is 2.36. The first kappa shape index (κ1) is 15.2. The predicted molar refractivity (Wildman–Crippen MR) is 71.3 cm³/mol. The van der Waals surface area contributed by atoms with Crippen molar-refractivity contribution in [3.63, 3.8) is 0 Å². The third kappa shape index (κ3) is 4.06. The van der Waals surface area contributed by atoms with E-state index >= 15 is 0 Å². The van der Waals surface area contributed by atoms with Crippen LogP contribution in [0.3, 0.4) is 0 Å². The van der Waals surface area contributed by atoms with Crippen LogP contribution in [0.2, 0.25) is 0 Å². The Morgan fingerprint density at radius 2 is 2.05 bits per heavy atom. The number of carboxylic acids is 1. The maximum Gasteiger partial charge on any atom is 0.326 e. The van der Waals surface area contributed by atoms with Gasteiger partial charge in [-0.3, -0.25) is 4.79 Å². The summed E-state index contributed by atoms with van der Waals surface area (Å²) in [5, 5.41) is 11.6. The maximum absolute atomic E-state index is 12.1. The van der Waals surface area contributed by atoms with E-state index < -0.39 is 12.0 Å². The van der Waals surface area contributed by atoms with Crippen molar-refractivity contribution in [2.45, 2.75) is 26.3 Å². The molecular formula is C14H19NO4. The number of aryl methyl sites for hydroxylation is 1. The zero-order chi connectivity index (χ0) is 14.4. The molecule has 1 aromatic carbocycles. The van der Waals surface area contributed by atoms with Gasteiger partial charge in [-0.15, -0.1) is 0 Å². The van der Waals surface area contributed by atoms with Gasteiger partial charge in [0.1, 0.15) is 6.04 Å². The minimum Gasteiger partial charge on any atom is -0.480 e. The number of aliphatic carboxylic acids is 1. The Bertz CT molecular complexity index is 471. The Balaban J connectivity index is 2.82.